The maximum absolute atomic E-state index is 11.5. The second-order valence-electron chi connectivity index (χ2n) is 6.12. The summed E-state index contributed by atoms with van der Waals surface area (Å²) in [5, 5.41) is 11.3. The topological polar surface area (TPSA) is 78.9 Å². The van der Waals surface area contributed by atoms with Crippen molar-refractivity contribution >= 4 is 23.3 Å². The highest BCUT2D eigenvalue weighted by Gasteiger charge is 2.27. The minimum absolute atomic E-state index is 0.0808. The molecule has 0 saturated heterocycles. The lowest BCUT2D eigenvalue weighted by molar-refractivity contribution is -0.118. The second-order valence-corrected chi connectivity index (χ2v) is 6.12. The van der Waals surface area contributed by atoms with E-state index in [4.69, 9.17) is 9.84 Å². The van der Waals surface area contributed by atoms with Crippen molar-refractivity contribution < 1.29 is 19.4 Å². The second kappa shape index (κ2) is 7.25. The molecule has 25 heavy (non-hydrogen) atoms. The number of carbonyl (C=O) groups excluding carboxylic acids is 1. The molecule has 1 heterocycles. The Bertz CT molecular complexity index is 776. The number of fused-ring (bicyclic) bond motifs is 1. The predicted octanol–water partition coefficient (Wildman–Crippen LogP) is 3.52. The monoisotopic (exact) mass is 340 g/mol. The molecular weight excluding hydrogens is 320 g/mol. The van der Waals surface area contributed by atoms with E-state index in [0.717, 1.165) is 11.3 Å². The van der Waals surface area contributed by atoms with Crippen molar-refractivity contribution in [3.8, 4) is 5.75 Å². The molecule has 0 spiro atoms. The van der Waals surface area contributed by atoms with E-state index in [-0.39, 0.29) is 11.9 Å². The number of carbonyl (C=O) groups is 2. The van der Waals surface area contributed by atoms with Crippen LogP contribution >= 0.6 is 0 Å². The molecule has 1 atom stereocenters. The molecule has 0 aliphatic carbocycles. The van der Waals surface area contributed by atoms with Crippen LogP contribution in [-0.2, 0) is 11.3 Å². The molecular formula is C19H20N2O4. The maximum Gasteiger partial charge on any atom is 0.409 e. The number of benzene rings is 2. The van der Waals surface area contributed by atoms with Crippen molar-refractivity contribution in [1.29, 1.82) is 0 Å². The molecule has 0 bridgehead atoms. The van der Waals surface area contributed by atoms with Gasteiger partial charge < -0.3 is 14.7 Å². The number of hydrogen-bond donors (Lipinski definition) is 2. The Morgan fingerprint density at radius 3 is 2.68 bits per heavy atom. The first-order chi connectivity index (χ1) is 12.0. The lowest BCUT2D eigenvalue weighted by atomic mass is 10.1. The van der Waals surface area contributed by atoms with Crippen molar-refractivity contribution in [3.05, 3.63) is 54.1 Å². The molecule has 6 nitrogen and oxygen atoms in total. The Hall–Kier alpha value is -3.02. The summed E-state index contributed by atoms with van der Waals surface area (Å²) in [5.74, 6) is 0.738. The lowest BCUT2D eigenvalue weighted by Crippen LogP contribution is -2.40. The molecule has 130 valence electrons. The molecule has 6 heteroatoms. The van der Waals surface area contributed by atoms with Crippen molar-refractivity contribution in [2.24, 2.45) is 0 Å². The van der Waals surface area contributed by atoms with Crippen LogP contribution in [0.2, 0.25) is 0 Å². The predicted molar refractivity (Wildman–Crippen MR) is 95.3 cm³/mol. The van der Waals surface area contributed by atoms with Crippen LogP contribution in [0.3, 0.4) is 0 Å². The first-order valence-electron chi connectivity index (χ1n) is 8.10. The standard InChI is InChI=1S/C19H20N2O4/c1-13(22)9-16-12-21(11-14-5-3-2-4-6-14)17-10-15(20-19(23)24)7-8-18(17)25-16/h2-8,10,16,20H,9,11-12H2,1H3,(H,23,24). The molecule has 0 fully saturated rings. The zero-order chi connectivity index (χ0) is 17.8. The number of Topliss-reactive ketones (excluding diaryl/α,β-unsaturated/α-hetero) is 1. The van der Waals surface area contributed by atoms with Crippen LogP contribution in [-0.4, -0.2) is 29.6 Å². The smallest absolute Gasteiger partial charge is 0.409 e. The van der Waals surface area contributed by atoms with E-state index < -0.39 is 6.09 Å². The third-order valence-corrected chi connectivity index (χ3v) is 4.00. The van der Waals surface area contributed by atoms with Crippen LogP contribution < -0.4 is 15.0 Å². The largest absolute Gasteiger partial charge is 0.486 e. The van der Waals surface area contributed by atoms with Gasteiger partial charge in [-0.3, -0.25) is 10.1 Å². The van der Waals surface area contributed by atoms with E-state index in [1.807, 2.05) is 30.3 Å². The molecule has 1 unspecified atom stereocenters. The minimum Gasteiger partial charge on any atom is -0.486 e. The van der Waals surface area contributed by atoms with Crippen molar-refractivity contribution in [2.75, 3.05) is 16.8 Å². The summed E-state index contributed by atoms with van der Waals surface area (Å²) in [4.78, 5) is 24.5. The molecule has 3 rings (SSSR count). The van der Waals surface area contributed by atoms with Gasteiger partial charge in [0.25, 0.3) is 0 Å². The van der Waals surface area contributed by atoms with Crippen LogP contribution in [0.15, 0.2) is 48.5 Å². The Morgan fingerprint density at radius 2 is 2.00 bits per heavy atom. The number of nitrogens with one attached hydrogen (secondary N) is 1. The van der Waals surface area contributed by atoms with Crippen molar-refractivity contribution in [3.63, 3.8) is 0 Å². The lowest BCUT2D eigenvalue weighted by Gasteiger charge is -2.36. The van der Waals surface area contributed by atoms with E-state index in [2.05, 4.69) is 10.2 Å². The Labute approximate surface area is 146 Å². The first kappa shape index (κ1) is 16.8. The quantitative estimate of drug-likeness (QED) is 0.870. The molecule has 2 aromatic carbocycles. The van der Waals surface area contributed by atoms with Crippen LogP contribution in [0, 0.1) is 0 Å². The number of anilines is 2. The summed E-state index contributed by atoms with van der Waals surface area (Å²) in [7, 11) is 0. The van der Waals surface area contributed by atoms with Crippen LogP contribution in [0.1, 0.15) is 18.9 Å². The molecule has 2 aromatic rings. The van der Waals surface area contributed by atoms with Gasteiger partial charge in [-0.1, -0.05) is 30.3 Å². The summed E-state index contributed by atoms with van der Waals surface area (Å²) in [6.07, 6.45) is -0.979. The molecule has 1 amide bonds. The summed E-state index contributed by atoms with van der Waals surface area (Å²) >= 11 is 0. The van der Waals surface area contributed by atoms with Gasteiger partial charge in [-0.05, 0) is 30.7 Å². The SMILES string of the molecule is CC(=O)CC1CN(Cc2ccccc2)c2cc(NC(=O)O)ccc2O1. The highest BCUT2D eigenvalue weighted by molar-refractivity contribution is 5.84. The number of hydrogen-bond acceptors (Lipinski definition) is 4. The summed E-state index contributed by atoms with van der Waals surface area (Å²) < 4.78 is 5.93. The zero-order valence-electron chi connectivity index (χ0n) is 13.9. The summed E-state index contributed by atoms with van der Waals surface area (Å²) in [5.41, 5.74) is 2.43. The fraction of sp³-hybridized carbons (Fsp3) is 0.263. The third-order valence-electron chi connectivity index (χ3n) is 4.00. The molecule has 0 aromatic heterocycles. The summed E-state index contributed by atoms with van der Waals surface area (Å²) in [6.45, 7) is 2.78. The maximum atomic E-state index is 11.5. The summed E-state index contributed by atoms with van der Waals surface area (Å²) in [6, 6.07) is 15.1. The third kappa shape index (κ3) is 4.29. The van der Waals surface area contributed by atoms with Gasteiger partial charge in [0.1, 0.15) is 17.6 Å². The van der Waals surface area contributed by atoms with Gasteiger partial charge in [0.05, 0.1) is 12.2 Å². The van der Waals surface area contributed by atoms with Gasteiger partial charge in [-0.2, -0.15) is 0 Å². The fourth-order valence-corrected chi connectivity index (χ4v) is 3.01. The van der Waals surface area contributed by atoms with Crippen LogP contribution in [0.25, 0.3) is 0 Å². The number of ether oxygens (including phenoxy) is 1. The molecule has 1 aliphatic heterocycles. The normalized spacial score (nSPS) is 15.9. The first-order valence-corrected chi connectivity index (χ1v) is 8.10. The molecule has 0 radical (unpaired) electrons. The van der Waals surface area contributed by atoms with E-state index in [0.29, 0.717) is 30.9 Å². The number of rotatable bonds is 5. The van der Waals surface area contributed by atoms with E-state index in [9.17, 15) is 9.59 Å². The average Bonchev–Trinajstić information content (AvgIpc) is 2.55. The van der Waals surface area contributed by atoms with Crippen LogP contribution in [0.4, 0.5) is 16.2 Å². The van der Waals surface area contributed by atoms with Gasteiger partial charge in [-0.25, -0.2) is 4.79 Å². The van der Waals surface area contributed by atoms with E-state index in [1.54, 1.807) is 25.1 Å². The fourth-order valence-electron chi connectivity index (χ4n) is 3.01. The molecule has 0 saturated carbocycles. The van der Waals surface area contributed by atoms with Crippen molar-refractivity contribution in [1.82, 2.24) is 0 Å². The van der Waals surface area contributed by atoms with Gasteiger partial charge in [0, 0.05) is 18.7 Å². The minimum atomic E-state index is -1.11. The number of amides is 1. The van der Waals surface area contributed by atoms with E-state index in [1.165, 1.54) is 0 Å². The van der Waals surface area contributed by atoms with Gasteiger partial charge in [0.2, 0.25) is 0 Å². The van der Waals surface area contributed by atoms with Crippen molar-refractivity contribution in [2.45, 2.75) is 26.0 Å². The Balaban J connectivity index is 1.91. The highest BCUT2D eigenvalue weighted by atomic mass is 16.5. The van der Waals surface area contributed by atoms with Crippen LogP contribution in [0.5, 0.6) is 5.75 Å². The van der Waals surface area contributed by atoms with Gasteiger partial charge in [-0.15, -0.1) is 0 Å². The number of ketones is 1. The zero-order valence-corrected chi connectivity index (χ0v) is 13.9. The van der Waals surface area contributed by atoms with Gasteiger partial charge >= 0.3 is 6.09 Å². The number of nitrogens with zero attached hydrogens (tertiary/aromatic N) is 1. The molecule has 2 N–H and O–H groups in total. The van der Waals surface area contributed by atoms with E-state index >= 15 is 0 Å². The Kier molecular flexibility index (Phi) is 4.88. The Morgan fingerprint density at radius 1 is 1.24 bits per heavy atom. The van der Waals surface area contributed by atoms with Gasteiger partial charge in [0.15, 0.2) is 0 Å². The number of carboxylic acid groups (broad SMARTS) is 1. The molecule has 1 aliphatic rings. The highest BCUT2D eigenvalue weighted by Crippen LogP contribution is 2.37. The average molecular weight is 340 g/mol.